The molecule has 0 spiro atoms. The number of benzene rings is 2. The number of hydrogen-bond acceptors (Lipinski definition) is 3. The molecule has 2 aromatic rings. The van der Waals surface area contributed by atoms with Crippen molar-refractivity contribution in [1.29, 1.82) is 0 Å². The molecule has 0 N–H and O–H groups in total. The number of rotatable bonds is 4. The van der Waals surface area contributed by atoms with Gasteiger partial charge >= 0.3 is 0 Å². The molecule has 0 aromatic heterocycles. The number of carbonyl (C=O) groups excluding carboxylic acids is 1. The molecule has 0 aliphatic carbocycles. The van der Waals surface area contributed by atoms with Gasteiger partial charge in [0.05, 0.1) is 13.2 Å². The van der Waals surface area contributed by atoms with Crippen LogP contribution in [-0.4, -0.2) is 37.5 Å². The summed E-state index contributed by atoms with van der Waals surface area (Å²) in [6.07, 6.45) is 0.870. The maximum atomic E-state index is 10.7. The highest BCUT2D eigenvalue weighted by molar-refractivity contribution is 5.76. The molecule has 21 heavy (non-hydrogen) atoms. The Morgan fingerprint density at radius 1 is 0.905 bits per heavy atom. The van der Waals surface area contributed by atoms with E-state index in [1.165, 1.54) is 11.1 Å². The summed E-state index contributed by atoms with van der Waals surface area (Å²) >= 11 is 0. The van der Waals surface area contributed by atoms with Gasteiger partial charge in [0.25, 0.3) is 0 Å². The van der Waals surface area contributed by atoms with E-state index in [9.17, 15) is 4.79 Å². The van der Waals surface area contributed by atoms with E-state index in [-0.39, 0.29) is 0 Å². The van der Waals surface area contributed by atoms with Crippen LogP contribution < -0.4 is 0 Å². The third kappa shape index (κ3) is 3.57. The highest BCUT2D eigenvalue weighted by atomic mass is 16.5. The predicted octanol–water partition coefficient (Wildman–Crippen LogP) is 3.00. The van der Waals surface area contributed by atoms with Crippen molar-refractivity contribution in [2.24, 2.45) is 0 Å². The second-order valence-corrected chi connectivity index (χ2v) is 5.33. The highest BCUT2D eigenvalue weighted by Crippen LogP contribution is 2.20. The Morgan fingerprint density at radius 3 is 2.05 bits per heavy atom. The molecule has 2 aromatic carbocycles. The predicted molar refractivity (Wildman–Crippen MR) is 83.4 cm³/mol. The first-order chi connectivity index (χ1) is 10.3. The molecule has 3 heteroatoms. The maximum absolute atomic E-state index is 10.7. The van der Waals surface area contributed by atoms with Gasteiger partial charge in [0, 0.05) is 25.2 Å². The van der Waals surface area contributed by atoms with E-state index < -0.39 is 0 Å². The smallest absolute Gasteiger partial charge is 0.150 e. The Kier molecular flexibility index (Phi) is 4.43. The fourth-order valence-corrected chi connectivity index (χ4v) is 2.57. The van der Waals surface area contributed by atoms with Gasteiger partial charge in [0.2, 0.25) is 0 Å². The summed E-state index contributed by atoms with van der Waals surface area (Å²) in [6.45, 7) is 4.67. The lowest BCUT2D eigenvalue weighted by atomic mass is 10.0. The van der Waals surface area contributed by atoms with Gasteiger partial charge < -0.3 is 4.74 Å². The zero-order chi connectivity index (χ0) is 14.5. The average molecular weight is 281 g/mol. The van der Waals surface area contributed by atoms with Crippen LogP contribution in [0.3, 0.4) is 0 Å². The minimum absolute atomic E-state index is 0.711. The molecule has 1 heterocycles. The van der Waals surface area contributed by atoms with Crippen molar-refractivity contribution in [1.82, 2.24) is 4.90 Å². The lowest BCUT2D eigenvalue weighted by Gasteiger charge is -2.26. The van der Waals surface area contributed by atoms with Crippen molar-refractivity contribution in [3.05, 3.63) is 59.7 Å². The van der Waals surface area contributed by atoms with Crippen molar-refractivity contribution in [2.45, 2.75) is 6.54 Å². The lowest BCUT2D eigenvalue weighted by Crippen LogP contribution is -2.35. The van der Waals surface area contributed by atoms with Gasteiger partial charge in [-0.2, -0.15) is 0 Å². The summed E-state index contributed by atoms with van der Waals surface area (Å²) < 4.78 is 5.37. The van der Waals surface area contributed by atoms with E-state index in [0.717, 1.165) is 44.7 Å². The Hall–Kier alpha value is -1.97. The Morgan fingerprint density at radius 2 is 1.48 bits per heavy atom. The highest BCUT2D eigenvalue weighted by Gasteiger charge is 2.10. The van der Waals surface area contributed by atoms with Gasteiger partial charge in [0.15, 0.2) is 0 Å². The van der Waals surface area contributed by atoms with Gasteiger partial charge in [-0.3, -0.25) is 9.69 Å². The van der Waals surface area contributed by atoms with Gasteiger partial charge in [-0.15, -0.1) is 0 Å². The maximum Gasteiger partial charge on any atom is 0.150 e. The molecule has 0 amide bonds. The van der Waals surface area contributed by atoms with Gasteiger partial charge in [0.1, 0.15) is 6.29 Å². The summed E-state index contributed by atoms with van der Waals surface area (Å²) in [5.74, 6) is 0. The summed E-state index contributed by atoms with van der Waals surface area (Å²) in [5, 5.41) is 0. The summed E-state index contributed by atoms with van der Waals surface area (Å²) in [5.41, 5.74) is 4.35. The van der Waals surface area contributed by atoms with E-state index in [2.05, 4.69) is 29.2 Å². The minimum atomic E-state index is 0.711. The third-order valence-electron chi connectivity index (χ3n) is 3.84. The van der Waals surface area contributed by atoms with E-state index in [1.54, 1.807) is 0 Å². The molecule has 1 aliphatic rings. The Bertz CT molecular complexity index is 584. The second kappa shape index (κ2) is 6.66. The zero-order valence-electron chi connectivity index (χ0n) is 12.0. The molecule has 0 bridgehead atoms. The molecular weight excluding hydrogens is 262 g/mol. The molecule has 1 aliphatic heterocycles. The normalized spacial score (nSPS) is 15.8. The van der Waals surface area contributed by atoms with Crippen LogP contribution in [0.4, 0.5) is 0 Å². The first kappa shape index (κ1) is 14.0. The molecular formula is C18H19NO2. The van der Waals surface area contributed by atoms with Crippen molar-refractivity contribution in [3.8, 4) is 11.1 Å². The second-order valence-electron chi connectivity index (χ2n) is 5.33. The van der Waals surface area contributed by atoms with Crippen molar-refractivity contribution in [3.63, 3.8) is 0 Å². The molecule has 0 unspecified atom stereocenters. The fourth-order valence-electron chi connectivity index (χ4n) is 2.57. The van der Waals surface area contributed by atoms with Crippen LogP contribution in [0.2, 0.25) is 0 Å². The largest absolute Gasteiger partial charge is 0.379 e. The summed E-state index contributed by atoms with van der Waals surface area (Å²) in [4.78, 5) is 13.1. The van der Waals surface area contributed by atoms with Crippen LogP contribution in [-0.2, 0) is 11.3 Å². The topological polar surface area (TPSA) is 29.5 Å². The monoisotopic (exact) mass is 281 g/mol. The lowest BCUT2D eigenvalue weighted by molar-refractivity contribution is 0.0342. The van der Waals surface area contributed by atoms with Crippen LogP contribution in [0.25, 0.3) is 11.1 Å². The summed E-state index contributed by atoms with van der Waals surface area (Å²) in [7, 11) is 0. The van der Waals surface area contributed by atoms with Gasteiger partial charge in [-0.1, -0.05) is 48.5 Å². The van der Waals surface area contributed by atoms with E-state index in [4.69, 9.17) is 4.74 Å². The van der Waals surface area contributed by atoms with Gasteiger partial charge in [-0.25, -0.2) is 0 Å². The van der Waals surface area contributed by atoms with Crippen molar-refractivity contribution < 1.29 is 9.53 Å². The number of ether oxygens (including phenoxy) is 1. The van der Waals surface area contributed by atoms with Crippen LogP contribution in [0.5, 0.6) is 0 Å². The SMILES string of the molecule is O=Cc1ccc(-c2ccc(CN3CCOCC3)cc2)cc1. The zero-order valence-corrected chi connectivity index (χ0v) is 12.0. The number of aldehydes is 1. The van der Waals surface area contributed by atoms with Crippen LogP contribution in [0, 0.1) is 0 Å². The molecule has 0 radical (unpaired) electrons. The van der Waals surface area contributed by atoms with Crippen molar-refractivity contribution >= 4 is 6.29 Å². The van der Waals surface area contributed by atoms with E-state index >= 15 is 0 Å². The molecule has 1 saturated heterocycles. The minimum Gasteiger partial charge on any atom is -0.379 e. The molecule has 3 nitrogen and oxygen atoms in total. The van der Waals surface area contributed by atoms with Crippen LogP contribution >= 0.6 is 0 Å². The van der Waals surface area contributed by atoms with Gasteiger partial charge in [-0.05, 0) is 16.7 Å². The molecule has 1 fully saturated rings. The fraction of sp³-hybridized carbons (Fsp3) is 0.278. The van der Waals surface area contributed by atoms with Crippen LogP contribution in [0.1, 0.15) is 15.9 Å². The van der Waals surface area contributed by atoms with Crippen molar-refractivity contribution in [2.75, 3.05) is 26.3 Å². The number of nitrogens with zero attached hydrogens (tertiary/aromatic N) is 1. The van der Waals surface area contributed by atoms with E-state index in [1.807, 2.05) is 24.3 Å². The number of carbonyl (C=O) groups is 1. The first-order valence-electron chi connectivity index (χ1n) is 7.30. The third-order valence-corrected chi connectivity index (χ3v) is 3.84. The van der Waals surface area contributed by atoms with Crippen LogP contribution in [0.15, 0.2) is 48.5 Å². The quantitative estimate of drug-likeness (QED) is 0.807. The number of hydrogen-bond donors (Lipinski definition) is 0. The summed E-state index contributed by atoms with van der Waals surface area (Å²) in [6, 6.07) is 16.3. The van der Waals surface area contributed by atoms with E-state index in [0.29, 0.717) is 5.56 Å². The first-order valence-corrected chi connectivity index (χ1v) is 7.30. The number of morpholine rings is 1. The Balaban J connectivity index is 1.69. The molecule has 0 saturated carbocycles. The molecule has 3 rings (SSSR count). The Labute approximate surface area is 125 Å². The molecule has 0 atom stereocenters. The average Bonchev–Trinajstić information content (AvgIpc) is 2.57. The molecule has 108 valence electrons. The standard InChI is InChI=1S/C18H19NO2/c20-14-16-3-7-18(8-4-16)17-5-1-15(2-6-17)13-19-9-11-21-12-10-19/h1-8,14H,9-13H2.